The smallest absolute Gasteiger partial charge is 0.263 e. The maximum Gasteiger partial charge on any atom is 0.263 e. The molecule has 0 saturated heterocycles. The number of hydrogen-bond donors (Lipinski definition) is 0. The van der Waals surface area contributed by atoms with Gasteiger partial charge in [-0.15, -0.1) is 0 Å². The van der Waals surface area contributed by atoms with Crippen molar-refractivity contribution in [1.29, 1.82) is 0 Å². The molecular formula is C13H6BrCl2N2O3-. The standard InChI is InChI=1S/C13H7BrCl2N2O3/c14-8-1-7(13(19)12(2-8)18(20)21)6-17-11-4-9(15)3-10(16)5-11/h1-6,19H/p-1. The van der Waals surface area contributed by atoms with Crippen molar-refractivity contribution in [2.24, 2.45) is 4.99 Å². The van der Waals surface area contributed by atoms with Gasteiger partial charge in [0.2, 0.25) is 0 Å². The van der Waals surface area contributed by atoms with Crippen molar-refractivity contribution in [2.45, 2.75) is 0 Å². The average molecular weight is 389 g/mol. The molecule has 0 aliphatic rings. The minimum atomic E-state index is -0.735. The summed E-state index contributed by atoms with van der Waals surface area (Å²) in [6, 6.07) is 7.26. The molecule has 8 heteroatoms. The van der Waals surface area contributed by atoms with Crippen molar-refractivity contribution in [3.63, 3.8) is 0 Å². The number of benzene rings is 2. The van der Waals surface area contributed by atoms with Crippen LogP contribution in [-0.2, 0) is 0 Å². The molecule has 0 aliphatic heterocycles. The third kappa shape index (κ3) is 3.93. The van der Waals surface area contributed by atoms with Gasteiger partial charge >= 0.3 is 0 Å². The summed E-state index contributed by atoms with van der Waals surface area (Å²) in [7, 11) is 0. The molecule has 5 nitrogen and oxygen atoms in total. The molecule has 0 atom stereocenters. The summed E-state index contributed by atoms with van der Waals surface area (Å²) in [6.45, 7) is 0. The highest BCUT2D eigenvalue weighted by molar-refractivity contribution is 9.10. The fourth-order valence-corrected chi connectivity index (χ4v) is 2.57. The lowest BCUT2D eigenvalue weighted by atomic mass is 10.2. The van der Waals surface area contributed by atoms with Crippen LogP contribution in [0.4, 0.5) is 11.4 Å². The number of nitro groups is 1. The first kappa shape index (κ1) is 15.8. The van der Waals surface area contributed by atoms with Crippen LogP contribution in [0, 0.1) is 10.1 Å². The Labute approximate surface area is 138 Å². The maximum atomic E-state index is 11.9. The second-order valence-corrected chi connectivity index (χ2v) is 5.77. The van der Waals surface area contributed by atoms with E-state index in [2.05, 4.69) is 20.9 Å². The highest BCUT2D eigenvalue weighted by Crippen LogP contribution is 2.31. The van der Waals surface area contributed by atoms with Crippen LogP contribution in [0.1, 0.15) is 5.56 Å². The molecule has 0 aliphatic carbocycles. The Morgan fingerprint density at radius 1 is 1.14 bits per heavy atom. The van der Waals surface area contributed by atoms with E-state index < -0.39 is 16.4 Å². The predicted octanol–water partition coefficient (Wildman–Crippen LogP) is 4.49. The van der Waals surface area contributed by atoms with E-state index in [0.717, 1.165) is 6.07 Å². The molecule has 0 radical (unpaired) electrons. The van der Waals surface area contributed by atoms with Crippen LogP contribution < -0.4 is 5.11 Å². The third-order valence-corrected chi connectivity index (χ3v) is 3.35. The minimum absolute atomic E-state index is 0.0900. The molecular weight excluding hydrogens is 383 g/mol. The number of nitro benzene ring substituents is 1. The number of rotatable bonds is 3. The van der Waals surface area contributed by atoms with Crippen LogP contribution in [-0.4, -0.2) is 11.1 Å². The molecule has 0 N–H and O–H groups in total. The van der Waals surface area contributed by atoms with Gasteiger partial charge in [-0.25, -0.2) is 0 Å². The summed E-state index contributed by atoms with van der Waals surface area (Å²) in [5.74, 6) is -0.708. The molecule has 0 bridgehead atoms. The highest BCUT2D eigenvalue weighted by atomic mass is 79.9. The first-order valence-electron chi connectivity index (χ1n) is 5.52. The first-order chi connectivity index (χ1) is 9.86. The van der Waals surface area contributed by atoms with Gasteiger partial charge in [0.15, 0.2) is 0 Å². The zero-order valence-electron chi connectivity index (χ0n) is 10.2. The molecule has 108 valence electrons. The number of nitrogens with zero attached hydrogens (tertiary/aromatic N) is 2. The van der Waals surface area contributed by atoms with Crippen LogP contribution in [0.5, 0.6) is 5.75 Å². The van der Waals surface area contributed by atoms with Crippen molar-refractivity contribution < 1.29 is 10.0 Å². The van der Waals surface area contributed by atoms with Crippen LogP contribution in [0.25, 0.3) is 0 Å². The van der Waals surface area contributed by atoms with E-state index >= 15 is 0 Å². The second kappa shape index (κ2) is 6.43. The van der Waals surface area contributed by atoms with E-state index in [-0.39, 0.29) is 5.56 Å². The zero-order chi connectivity index (χ0) is 15.6. The van der Waals surface area contributed by atoms with E-state index in [1.54, 1.807) is 18.2 Å². The Kier molecular flexibility index (Phi) is 4.82. The zero-order valence-corrected chi connectivity index (χ0v) is 13.3. The number of aliphatic imine (C=N–C) groups is 1. The Morgan fingerprint density at radius 3 is 2.33 bits per heavy atom. The second-order valence-electron chi connectivity index (χ2n) is 3.99. The van der Waals surface area contributed by atoms with Crippen LogP contribution in [0.2, 0.25) is 10.0 Å². The molecule has 0 fully saturated rings. The van der Waals surface area contributed by atoms with Crippen LogP contribution in [0.15, 0.2) is 39.8 Å². The van der Waals surface area contributed by atoms with Crippen molar-refractivity contribution in [2.75, 3.05) is 0 Å². The van der Waals surface area contributed by atoms with Gasteiger partial charge in [0.05, 0.1) is 10.6 Å². The van der Waals surface area contributed by atoms with E-state index in [9.17, 15) is 15.2 Å². The van der Waals surface area contributed by atoms with E-state index in [1.165, 1.54) is 12.3 Å². The van der Waals surface area contributed by atoms with E-state index in [1.807, 2.05) is 0 Å². The topological polar surface area (TPSA) is 78.6 Å². The number of halogens is 3. The van der Waals surface area contributed by atoms with Gasteiger partial charge < -0.3 is 5.11 Å². The SMILES string of the molecule is O=[N+]([O-])c1cc(Br)cc(C=Nc2cc(Cl)cc(Cl)c2)c1[O-]. The van der Waals surface area contributed by atoms with Crippen LogP contribution >= 0.6 is 39.1 Å². The highest BCUT2D eigenvalue weighted by Gasteiger charge is 2.11. The van der Waals surface area contributed by atoms with Gasteiger partial charge in [0.1, 0.15) is 0 Å². The van der Waals surface area contributed by atoms with Gasteiger partial charge in [0.25, 0.3) is 5.69 Å². The van der Waals surface area contributed by atoms with Gasteiger partial charge in [-0.2, -0.15) is 0 Å². The largest absolute Gasteiger partial charge is 0.867 e. The summed E-state index contributed by atoms with van der Waals surface area (Å²) in [4.78, 5) is 14.1. The fraction of sp³-hybridized carbons (Fsp3) is 0. The van der Waals surface area contributed by atoms with Crippen molar-refractivity contribution in [1.82, 2.24) is 0 Å². The summed E-state index contributed by atoms with van der Waals surface area (Å²) >= 11 is 14.8. The predicted molar refractivity (Wildman–Crippen MR) is 84.0 cm³/mol. The third-order valence-electron chi connectivity index (χ3n) is 2.46. The van der Waals surface area contributed by atoms with Crippen molar-refractivity contribution in [3.05, 3.63) is 60.5 Å². The lowest BCUT2D eigenvalue weighted by molar-refractivity contribution is -0.398. The monoisotopic (exact) mass is 387 g/mol. The Balaban J connectivity index is 2.43. The molecule has 21 heavy (non-hydrogen) atoms. The molecule has 0 heterocycles. The molecule has 2 aromatic carbocycles. The Bertz CT molecular complexity index is 730. The summed E-state index contributed by atoms with van der Waals surface area (Å²) < 4.78 is 0.416. The molecule has 0 spiro atoms. The van der Waals surface area contributed by atoms with Gasteiger partial charge in [-0.3, -0.25) is 15.1 Å². The fourth-order valence-electron chi connectivity index (χ4n) is 1.59. The lowest BCUT2D eigenvalue weighted by Gasteiger charge is -2.10. The first-order valence-corrected chi connectivity index (χ1v) is 7.07. The number of hydrogen-bond acceptors (Lipinski definition) is 4. The van der Waals surface area contributed by atoms with Crippen LogP contribution in [0.3, 0.4) is 0 Å². The summed E-state index contributed by atoms with van der Waals surface area (Å²) in [6.07, 6.45) is 1.24. The van der Waals surface area contributed by atoms with Gasteiger partial charge in [-0.1, -0.05) is 39.1 Å². The molecule has 0 amide bonds. The molecule has 2 aromatic rings. The van der Waals surface area contributed by atoms with Crippen molar-refractivity contribution in [3.8, 4) is 5.75 Å². The minimum Gasteiger partial charge on any atom is -0.867 e. The summed E-state index contributed by atoms with van der Waals surface area (Å²) in [5.41, 5.74) is 0.0108. The Hall–Kier alpha value is -1.63. The van der Waals surface area contributed by atoms with Gasteiger partial charge in [-0.05, 0) is 35.6 Å². The molecule has 2 rings (SSSR count). The normalized spacial score (nSPS) is 11.0. The average Bonchev–Trinajstić information content (AvgIpc) is 2.38. The molecule has 0 unspecified atom stereocenters. The molecule has 0 saturated carbocycles. The molecule has 0 aromatic heterocycles. The summed E-state index contributed by atoms with van der Waals surface area (Å²) in [5, 5.41) is 23.5. The lowest BCUT2D eigenvalue weighted by Crippen LogP contribution is -2.02. The van der Waals surface area contributed by atoms with Crippen molar-refractivity contribution >= 4 is 56.7 Å². The Morgan fingerprint density at radius 2 is 1.76 bits per heavy atom. The van der Waals surface area contributed by atoms with E-state index in [4.69, 9.17) is 23.2 Å². The van der Waals surface area contributed by atoms with Gasteiger partial charge in [0, 0.05) is 26.8 Å². The quantitative estimate of drug-likeness (QED) is 0.441. The maximum absolute atomic E-state index is 11.9. The van der Waals surface area contributed by atoms with E-state index in [0.29, 0.717) is 20.2 Å².